The highest BCUT2D eigenvalue weighted by Gasteiger charge is 2.06. The molecule has 18 heavy (non-hydrogen) atoms. The molecule has 0 aliphatic heterocycles. The maximum absolute atomic E-state index is 5.86. The van der Waals surface area contributed by atoms with Crippen molar-refractivity contribution in [3.63, 3.8) is 0 Å². The van der Waals surface area contributed by atoms with Crippen molar-refractivity contribution in [2.24, 2.45) is 0 Å². The summed E-state index contributed by atoms with van der Waals surface area (Å²) < 4.78 is 5.23. The van der Waals surface area contributed by atoms with Gasteiger partial charge in [-0.3, -0.25) is 0 Å². The van der Waals surface area contributed by atoms with Gasteiger partial charge in [-0.2, -0.15) is 0 Å². The molecule has 2 rings (SSSR count). The number of ether oxygens (including phenoxy) is 1. The Kier molecular flexibility index (Phi) is 4.11. The number of benzene rings is 2. The molecule has 2 aromatic rings. The third-order valence-corrected chi connectivity index (χ3v) is 3.07. The Morgan fingerprint density at radius 3 is 2.50 bits per heavy atom. The molecule has 3 heteroatoms. The maximum Gasteiger partial charge on any atom is 0.119 e. The molecular formula is C15H16ClNO. The Balaban J connectivity index is 2.11. The summed E-state index contributed by atoms with van der Waals surface area (Å²) >= 11 is 5.86. The molecule has 1 N–H and O–H groups in total. The summed E-state index contributed by atoms with van der Waals surface area (Å²) in [5.74, 6) is 0.872. The summed E-state index contributed by atoms with van der Waals surface area (Å²) in [5.41, 5.74) is 2.24. The second-order valence-electron chi connectivity index (χ2n) is 4.15. The van der Waals surface area contributed by atoms with Gasteiger partial charge in [-0.25, -0.2) is 0 Å². The molecule has 0 aromatic heterocycles. The van der Waals surface area contributed by atoms with Crippen molar-refractivity contribution in [1.82, 2.24) is 0 Å². The first-order valence-corrected chi connectivity index (χ1v) is 6.23. The molecule has 0 amide bonds. The first kappa shape index (κ1) is 12.8. The third-order valence-electron chi connectivity index (χ3n) is 2.82. The molecule has 0 heterocycles. The SMILES string of the molecule is COc1cccc(C(C)Nc2ccc(Cl)cc2)c1. The lowest BCUT2D eigenvalue weighted by molar-refractivity contribution is 0.414. The zero-order valence-electron chi connectivity index (χ0n) is 10.5. The van der Waals surface area contributed by atoms with Gasteiger partial charge in [0.2, 0.25) is 0 Å². The first-order valence-electron chi connectivity index (χ1n) is 5.85. The highest BCUT2D eigenvalue weighted by atomic mass is 35.5. The van der Waals surface area contributed by atoms with E-state index in [1.807, 2.05) is 42.5 Å². The van der Waals surface area contributed by atoms with Crippen molar-refractivity contribution >= 4 is 17.3 Å². The maximum atomic E-state index is 5.86. The Morgan fingerprint density at radius 2 is 1.83 bits per heavy atom. The van der Waals surface area contributed by atoms with E-state index in [1.165, 1.54) is 5.56 Å². The van der Waals surface area contributed by atoms with Gasteiger partial charge < -0.3 is 10.1 Å². The lowest BCUT2D eigenvalue weighted by atomic mass is 10.1. The van der Waals surface area contributed by atoms with Crippen LogP contribution in [0, 0.1) is 0 Å². The van der Waals surface area contributed by atoms with Crippen molar-refractivity contribution in [2.45, 2.75) is 13.0 Å². The van der Waals surface area contributed by atoms with Crippen LogP contribution < -0.4 is 10.1 Å². The first-order chi connectivity index (χ1) is 8.69. The summed E-state index contributed by atoms with van der Waals surface area (Å²) in [7, 11) is 1.68. The molecular weight excluding hydrogens is 246 g/mol. The fraction of sp³-hybridized carbons (Fsp3) is 0.200. The molecule has 0 fully saturated rings. The van der Waals surface area contributed by atoms with Crippen molar-refractivity contribution in [3.8, 4) is 5.75 Å². The molecule has 0 saturated heterocycles. The summed E-state index contributed by atoms with van der Waals surface area (Å²) in [6.07, 6.45) is 0. The van der Waals surface area contributed by atoms with Crippen LogP contribution in [0.15, 0.2) is 48.5 Å². The molecule has 94 valence electrons. The molecule has 0 saturated carbocycles. The molecule has 2 aromatic carbocycles. The fourth-order valence-corrected chi connectivity index (χ4v) is 1.92. The monoisotopic (exact) mass is 261 g/mol. The zero-order valence-corrected chi connectivity index (χ0v) is 11.2. The topological polar surface area (TPSA) is 21.3 Å². The predicted octanol–water partition coefficient (Wildman–Crippen LogP) is 4.52. The molecule has 1 unspecified atom stereocenters. The standard InChI is InChI=1S/C15H16ClNO/c1-11(12-4-3-5-15(10-12)18-2)17-14-8-6-13(16)7-9-14/h3-11,17H,1-2H3. The number of anilines is 1. The number of rotatable bonds is 4. The number of halogens is 1. The van der Waals surface area contributed by atoms with Gasteiger partial charge in [0.1, 0.15) is 5.75 Å². The quantitative estimate of drug-likeness (QED) is 0.874. The van der Waals surface area contributed by atoms with Gasteiger partial charge in [0, 0.05) is 16.8 Å². The summed E-state index contributed by atoms with van der Waals surface area (Å²) in [6, 6.07) is 16.0. The van der Waals surface area contributed by atoms with Crippen LogP contribution in [-0.4, -0.2) is 7.11 Å². The van der Waals surface area contributed by atoms with Gasteiger partial charge in [-0.1, -0.05) is 23.7 Å². The Morgan fingerprint density at radius 1 is 1.11 bits per heavy atom. The van der Waals surface area contributed by atoms with Crippen molar-refractivity contribution in [1.29, 1.82) is 0 Å². The summed E-state index contributed by atoms with van der Waals surface area (Å²) in [6.45, 7) is 2.11. The van der Waals surface area contributed by atoms with E-state index in [9.17, 15) is 0 Å². The van der Waals surface area contributed by atoms with Crippen LogP contribution in [0.25, 0.3) is 0 Å². The molecule has 0 aliphatic rings. The Bertz CT molecular complexity index is 510. The van der Waals surface area contributed by atoms with Crippen LogP contribution in [0.4, 0.5) is 5.69 Å². The van der Waals surface area contributed by atoms with Gasteiger partial charge >= 0.3 is 0 Å². The molecule has 2 nitrogen and oxygen atoms in total. The van der Waals surface area contributed by atoms with E-state index in [2.05, 4.69) is 18.3 Å². The van der Waals surface area contributed by atoms with Gasteiger partial charge in [0.05, 0.1) is 7.11 Å². The Hall–Kier alpha value is -1.67. The minimum absolute atomic E-state index is 0.210. The van der Waals surface area contributed by atoms with E-state index < -0.39 is 0 Å². The largest absolute Gasteiger partial charge is 0.497 e. The molecule has 0 bridgehead atoms. The van der Waals surface area contributed by atoms with Crippen LogP contribution in [0.5, 0.6) is 5.75 Å². The Labute approximate surface area is 113 Å². The number of methoxy groups -OCH3 is 1. The second-order valence-corrected chi connectivity index (χ2v) is 4.59. The van der Waals surface area contributed by atoms with E-state index in [1.54, 1.807) is 7.11 Å². The van der Waals surface area contributed by atoms with Gasteiger partial charge in [-0.05, 0) is 48.9 Å². The highest BCUT2D eigenvalue weighted by molar-refractivity contribution is 6.30. The summed E-state index contributed by atoms with van der Waals surface area (Å²) in [4.78, 5) is 0. The third kappa shape index (κ3) is 3.17. The van der Waals surface area contributed by atoms with Crippen molar-refractivity contribution < 1.29 is 4.74 Å². The fourth-order valence-electron chi connectivity index (χ4n) is 1.79. The van der Waals surface area contributed by atoms with Crippen molar-refractivity contribution in [3.05, 3.63) is 59.1 Å². The van der Waals surface area contributed by atoms with Gasteiger partial charge in [0.15, 0.2) is 0 Å². The lowest BCUT2D eigenvalue weighted by Gasteiger charge is -2.16. The summed E-state index contributed by atoms with van der Waals surface area (Å²) in [5, 5.41) is 4.17. The predicted molar refractivity (Wildman–Crippen MR) is 76.5 cm³/mol. The molecule has 0 aliphatic carbocycles. The van der Waals surface area contributed by atoms with Crippen LogP contribution in [0.3, 0.4) is 0 Å². The minimum atomic E-state index is 0.210. The lowest BCUT2D eigenvalue weighted by Crippen LogP contribution is -2.06. The van der Waals surface area contributed by atoms with Gasteiger partial charge in [-0.15, -0.1) is 0 Å². The highest BCUT2D eigenvalue weighted by Crippen LogP contribution is 2.23. The molecule has 1 atom stereocenters. The normalized spacial score (nSPS) is 11.9. The van der Waals surface area contributed by atoms with Crippen LogP contribution in [-0.2, 0) is 0 Å². The number of nitrogens with one attached hydrogen (secondary N) is 1. The van der Waals surface area contributed by atoms with Crippen LogP contribution in [0.1, 0.15) is 18.5 Å². The average Bonchev–Trinajstić information content (AvgIpc) is 2.41. The number of hydrogen-bond acceptors (Lipinski definition) is 2. The minimum Gasteiger partial charge on any atom is -0.497 e. The van der Waals surface area contributed by atoms with Crippen LogP contribution in [0.2, 0.25) is 5.02 Å². The van der Waals surface area contributed by atoms with Crippen LogP contribution >= 0.6 is 11.6 Å². The average molecular weight is 262 g/mol. The number of hydrogen-bond donors (Lipinski definition) is 1. The second kappa shape index (κ2) is 5.78. The van der Waals surface area contributed by atoms with E-state index in [4.69, 9.17) is 16.3 Å². The van der Waals surface area contributed by atoms with E-state index in [-0.39, 0.29) is 6.04 Å². The molecule has 0 radical (unpaired) electrons. The zero-order chi connectivity index (χ0) is 13.0. The molecule has 0 spiro atoms. The van der Waals surface area contributed by atoms with E-state index >= 15 is 0 Å². The van der Waals surface area contributed by atoms with Crippen molar-refractivity contribution in [2.75, 3.05) is 12.4 Å². The smallest absolute Gasteiger partial charge is 0.119 e. The van der Waals surface area contributed by atoms with E-state index in [0.717, 1.165) is 16.5 Å². The van der Waals surface area contributed by atoms with Gasteiger partial charge in [0.25, 0.3) is 0 Å². The van der Waals surface area contributed by atoms with E-state index in [0.29, 0.717) is 0 Å².